The van der Waals surface area contributed by atoms with E-state index in [1.165, 1.54) is 24.4 Å². The van der Waals surface area contributed by atoms with Gasteiger partial charge in [0.05, 0.1) is 6.20 Å². The number of hydrogen-bond donors (Lipinski definition) is 1. The monoisotopic (exact) mass is 256 g/mol. The minimum Gasteiger partial charge on any atom is -0.272 e. The number of aromatic nitrogens is 2. The number of rotatable bonds is 2. The van der Waals surface area contributed by atoms with E-state index in [1.807, 2.05) is 0 Å². The molecule has 0 aromatic carbocycles. The highest BCUT2D eigenvalue weighted by molar-refractivity contribution is 7.87. The average molecular weight is 256 g/mol. The Morgan fingerprint density at radius 3 is 2.38 bits per heavy atom. The maximum atomic E-state index is 11.9. The Morgan fingerprint density at radius 1 is 1.12 bits per heavy atom. The SMILES string of the molecule is O=S(=O)(On1cccccc[nH]1)C(F)(F)F. The summed E-state index contributed by atoms with van der Waals surface area (Å²) < 4.78 is 60.8. The predicted molar refractivity (Wildman–Crippen MR) is 48.0 cm³/mol. The largest absolute Gasteiger partial charge is 0.536 e. The molecule has 0 saturated carbocycles. The summed E-state index contributed by atoms with van der Waals surface area (Å²) >= 11 is 0. The zero-order chi connectivity index (χ0) is 12.2. The van der Waals surface area contributed by atoms with Gasteiger partial charge in [0.15, 0.2) is 0 Å². The summed E-state index contributed by atoms with van der Waals surface area (Å²) in [6.07, 6.45) is 2.18. The molecule has 1 aromatic rings. The van der Waals surface area contributed by atoms with Gasteiger partial charge in [0.2, 0.25) is 0 Å². The van der Waals surface area contributed by atoms with E-state index in [4.69, 9.17) is 0 Å². The maximum absolute atomic E-state index is 11.9. The Morgan fingerprint density at radius 2 is 1.75 bits per heavy atom. The number of halogens is 3. The molecule has 0 amide bonds. The summed E-state index contributed by atoms with van der Waals surface area (Å²) in [6.45, 7) is 0. The number of nitrogens with one attached hydrogen (secondary N) is 1. The third kappa shape index (κ3) is 3.19. The van der Waals surface area contributed by atoms with Crippen molar-refractivity contribution in [3.05, 3.63) is 36.7 Å². The van der Waals surface area contributed by atoms with E-state index in [2.05, 4.69) is 9.38 Å². The van der Waals surface area contributed by atoms with Crippen molar-refractivity contribution in [1.29, 1.82) is 0 Å². The van der Waals surface area contributed by atoms with Crippen LogP contribution >= 0.6 is 0 Å². The fourth-order valence-corrected chi connectivity index (χ4v) is 1.05. The zero-order valence-corrected chi connectivity index (χ0v) is 8.49. The highest BCUT2D eigenvalue weighted by atomic mass is 32.2. The fraction of sp³-hybridized carbons (Fsp3) is 0.143. The van der Waals surface area contributed by atoms with Gasteiger partial charge in [-0.2, -0.15) is 21.6 Å². The smallest absolute Gasteiger partial charge is 0.272 e. The van der Waals surface area contributed by atoms with Gasteiger partial charge in [-0.25, -0.2) is 0 Å². The standard InChI is InChI=1S/C7H7F3N2O3S/c8-7(9,10)16(13,14)15-12-6-4-2-1-3-5-11-12/h1-6,11H. The summed E-state index contributed by atoms with van der Waals surface area (Å²) in [7, 11) is -5.67. The Bertz CT molecular complexity index is 467. The van der Waals surface area contributed by atoms with Crippen LogP contribution in [0, 0.1) is 0 Å². The summed E-state index contributed by atoms with van der Waals surface area (Å²) in [4.78, 5) is 0.322. The lowest BCUT2D eigenvalue weighted by Gasteiger charge is -2.09. The van der Waals surface area contributed by atoms with E-state index in [-0.39, 0.29) is 0 Å². The van der Waals surface area contributed by atoms with Gasteiger partial charge in [0, 0.05) is 6.20 Å². The first-order chi connectivity index (χ1) is 7.33. The van der Waals surface area contributed by atoms with Crippen molar-refractivity contribution < 1.29 is 25.9 Å². The molecule has 0 unspecified atom stereocenters. The Hall–Kier alpha value is -1.64. The van der Waals surface area contributed by atoms with E-state index in [0.717, 1.165) is 6.20 Å². The Kier molecular flexibility index (Phi) is 3.48. The fourth-order valence-electron chi connectivity index (χ4n) is 0.666. The molecule has 0 aliphatic carbocycles. The van der Waals surface area contributed by atoms with Crippen molar-refractivity contribution in [2.24, 2.45) is 0 Å². The summed E-state index contributed by atoms with van der Waals surface area (Å²) in [5.74, 6) is 0. The lowest BCUT2D eigenvalue weighted by atomic mass is 10.5. The molecule has 16 heavy (non-hydrogen) atoms. The lowest BCUT2D eigenvalue weighted by Crippen LogP contribution is -2.33. The number of H-pyrrole nitrogens is 1. The molecule has 0 bridgehead atoms. The van der Waals surface area contributed by atoms with Crippen molar-refractivity contribution in [3.63, 3.8) is 0 Å². The number of aromatic amines is 1. The molecule has 90 valence electrons. The lowest BCUT2D eigenvalue weighted by molar-refractivity contribution is -0.0557. The second-order valence-corrected chi connectivity index (χ2v) is 4.04. The van der Waals surface area contributed by atoms with Crippen LogP contribution in [0.2, 0.25) is 0 Å². The summed E-state index contributed by atoms with van der Waals surface area (Å²) in [5, 5.41) is 2.16. The molecule has 0 fully saturated rings. The normalized spacial score (nSPS) is 11.9. The van der Waals surface area contributed by atoms with Crippen LogP contribution in [0.4, 0.5) is 13.2 Å². The minimum absolute atomic E-state index is 0.322. The van der Waals surface area contributed by atoms with Gasteiger partial charge in [0.25, 0.3) is 0 Å². The number of alkyl halides is 3. The third-order valence-corrected chi connectivity index (χ3v) is 2.24. The topological polar surface area (TPSA) is 64.1 Å². The first kappa shape index (κ1) is 12.4. The van der Waals surface area contributed by atoms with Crippen LogP contribution in [0.5, 0.6) is 0 Å². The second kappa shape index (κ2) is 4.47. The van der Waals surface area contributed by atoms with Gasteiger partial charge >= 0.3 is 15.6 Å². The van der Waals surface area contributed by atoms with Crippen molar-refractivity contribution >= 4 is 10.1 Å². The molecule has 5 nitrogen and oxygen atoms in total. The van der Waals surface area contributed by atoms with Gasteiger partial charge in [0.1, 0.15) is 0 Å². The highest BCUT2D eigenvalue weighted by Crippen LogP contribution is 2.22. The zero-order valence-electron chi connectivity index (χ0n) is 7.68. The quantitative estimate of drug-likeness (QED) is 0.809. The molecule has 0 radical (unpaired) electrons. The highest BCUT2D eigenvalue weighted by Gasteiger charge is 2.49. The minimum atomic E-state index is -5.67. The number of hydrogen-bond acceptors (Lipinski definition) is 3. The summed E-state index contributed by atoms with van der Waals surface area (Å²) in [6, 6.07) is 5.80. The van der Waals surface area contributed by atoms with Crippen molar-refractivity contribution in [2.45, 2.75) is 5.51 Å². The average Bonchev–Trinajstić information content (AvgIpc) is 2.07. The van der Waals surface area contributed by atoms with Crippen LogP contribution in [0.25, 0.3) is 0 Å². The molecule has 0 aliphatic heterocycles. The summed E-state index contributed by atoms with van der Waals surface area (Å²) in [5.41, 5.74) is -5.47. The van der Waals surface area contributed by atoms with E-state index in [9.17, 15) is 21.6 Å². The predicted octanol–water partition coefficient (Wildman–Crippen LogP) is 1.22. The molecule has 1 N–H and O–H groups in total. The molecule has 9 heteroatoms. The van der Waals surface area contributed by atoms with Crippen LogP contribution in [-0.4, -0.2) is 23.9 Å². The molecular weight excluding hydrogens is 249 g/mol. The molecule has 1 heterocycles. The molecule has 1 rings (SSSR count). The second-order valence-electron chi connectivity index (χ2n) is 2.51. The Labute approximate surface area is 88.8 Å². The van der Waals surface area contributed by atoms with Crippen LogP contribution < -0.4 is 4.28 Å². The van der Waals surface area contributed by atoms with Crippen molar-refractivity contribution in [3.8, 4) is 0 Å². The van der Waals surface area contributed by atoms with Crippen molar-refractivity contribution in [2.75, 3.05) is 0 Å². The molecule has 0 aliphatic rings. The molecule has 1 aromatic heterocycles. The van der Waals surface area contributed by atoms with Gasteiger partial charge in [-0.1, -0.05) is 12.1 Å². The molecular formula is C7H7F3N2O3S. The van der Waals surface area contributed by atoms with E-state index < -0.39 is 15.6 Å². The molecule has 0 saturated heterocycles. The van der Waals surface area contributed by atoms with Gasteiger partial charge < -0.3 is 0 Å². The maximum Gasteiger partial charge on any atom is 0.536 e. The molecule has 0 atom stereocenters. The van der Waals surface area contributed by atoms with E-state index in [0.29, 0.717) is 4.85 Å². The third-order valence-electron chi connectivity index (χ3n) is 1.31. The first-order valence-electron chi connectivity index (χ1n) is 3.89. The van der Waals surface area contributed by atoms with Crippen LogP contribution in [0.1, 0.15) is 0 Å². The Balaban J connectivity index is 3.03. The van der Waals surface area contributed by atoms with Gasteiger partial charge in [-0.05, 0) is 12.1 Å². The van der Waals surface area contributed by atoms with Crippen LogP contribution in [-0.2, 0) is 10.1 Å². The van der Waals surface area contributed by atoms with Gasteiger partial charge in [-0.15, -0.1) is 4.85 Å². The van der Waals surface area contributed by atoms with Crippen LogP contribution in [0.3, 0.4) is 0 Å². The van der Waals surface area contributed by atoms with Crippen molar-refractivity contribution in [1.82, 2.24) is 9.94 Å². The van der Waals surface area contributed by atoms with Gasteiger partial charge in [-0.3, -0.25) is 9.38 Å². The first-order valence-corrected chi connectivity index (χ1v) is 5.30. The van der Waals surface area contributed by atoms with Crippen LogP contribution in [0.15, 0.2) is 36.7 Å². The molecule has 0 spiro atoms. The number of nitrogens with zero attached hydrogens (tertiary/aromatic N) is 1. The van der Waals surface area contributed by atoms with E-state index in [1.54, 1.807) is 6.07 Å². The van der Waals surface area contributed by atoms with E-state index >= 15 is 0 Å².